The molecule has 1 atom stereocenters. The highest BCUT2D eigenvalue weighted by molar-refractivity contribution is 6.04. The minimum absolute atomic E-state index is 0.0853. The zero-order chi connectivity index (χ0) is 24.4. The molecular formula is C25H24N8O2. The summed E-state index contributed by atoms with van der Waals surface area (Å²) in [6.45, 7) is 2.03. The second kappa shape index (κ2) is 9.26. The van der Waals surface area contributed by atoms with E-state index in [9.17, 15) is 4.79 Å². The van der Waals surface area contributed by atoms with Gasteiger partial charge in [0.05, 0.1) is 37.3 Å². The molecule has 0 bridgehead atoms. The zero-order valence-corrected chi connectivity index (χ0v) is 19.5. The molecule has 10 heteroatoms. The Hall–Kier alpha value is -4.73. The number of benzene rings is 1. The molecule has 3 N–H and O–H groups in total. The molecule has 0 saturated heterocycles. The van der Waals surface area contributed by atoms with Gasteiger partial charge in [0.2, 0.25) is 0 Å². The lowest BCUT2D eigenvalue weighted by atomic mass is 10.1. The van der Waals surface area contributed by atoms with Crippen LogP contribution in [-0.4, -0.2) is 42.7 Å². The number of hydrogen-bond acceptors (Lipinski definition) is 7. The van der Waals surface area contributed by atoms with Crippen molar-refractivity contribution in [2.75, 3.05) is 17.7 Å². The first-order valence-electron chi connectivity index (χ1n) is 11.0. The number of amides is 1. The van der Waals surface area contributed by atoms with Gasteiger partial charge in [-0.1, -0.05) is 12.1 Å². The maximum absolute atomic E-state index is 12.7. The van der Waals surface area contributed by atoms with Crippen molar-refractivity contribution in [2.24, 2.45) is 7.05 Å². The van der Waals surface area contributed by atoms with Crippen LogP contribution in [0.3, 0.4) is 0 Å². The second-order valence-electron chi connectivity index (χ2n) is 8.12. The lowest BCUT2D eigenvalue weighted by molar-refractivity contribution is 0.102. The molecular weight excluding hydrogens is 444 g/mol. The number of carbonyl (C=O) groups is 1. The Kier molecular flexibility index (Phi) is 5.84. The van der Waals surface area contributed by atoms with E-state index < -0.39 is 0 Å². The molecule has 10 nitrogen and oxygen atoms in total. The fourth-order valence-corrected chi connectivity index (χ4v) is 3.79. The molecule has 176 valence electrons. The van der Waals surface area contributed by atoms with Gasteiger partial charge < -0.3 is 20.4 Å². The first-order chi connectivity index (χ1) is 17.0. The number of fused-ring (bicyclic) bond motifs is 1. The third-order valence-electron chi connectivity index (χ3n) is 5.62. The van der Waals surface area contributed by atoms with Crippen molar-refractivity contribution >= 4 is 28.6 Å². The molecule has 1 aromatic carbocycles. The molecule has 0 unspecified atom stereocenters. The molecule has 0 aliphatic carbocycles. The molecule has 1 amide bonds. The van der Waals surface area contributed by atoms with Gasteiger partial charge in [0.25, 0.3) is 5.91 Å². The molecule has 4 aromatic heterocycles. The smallest absolute Gasteiger partial charge is 0.257 e. The van der Waals surface area contributed by atoms with E-state index >= 15 is 0 Å². The number of aryl methyl sites for hydroxylation is 1. The molecule has 0 fully saturated rings. The van der Waals surface area contributed by atoms with Crippen molar-refractivity contribution in [3.63, 3.8) is 0 Å². The number of carbonyl (C=O) groups excluding carboxylic acids is 1. The van der Waals surface area contributed by atoms with Gasteiger partial charge in [0.1, 0.15) is 17.1 Å². The third kappa shape index (κ3) is 4.67. The number of nitrogens with one attached hydrogen (secondary N) is 3. The van der Waals surface area contributed by atoms with Crippen LogP contribution in [0, 0.1) is 0 Å². The lowest BCUT2D eigenvalue weighted by Crippen LogP contribution is -2.13. The minimum atomic E-state index is -0.263. The van der Waals surface area contributed by atoms with Crippen LogP contribution in [0.1, 0.15) is 28.9 Å². The predicted octanol–water partition coefficient (Wildman–Crippen LogP) is 4.19. The Bertz CT molecular complexity index is 1510. The van der Waals surface area contributed by atoms with E-state index in [4.69, 9.17) is 9.72 Å². The summed E-state index contributed by atoms with van der Waals surface area (Å²) in [5.41, 5.74) is 5.45. The number of ether oxygens (including phenoxy) is 1. The van der Waals surface area contributed by atoms with Crippen LogP contribution in [0.25, 0.3) is 22.3 Å². The number of hydrogen-bond donors (Lipinski definition) is 3. The number of nitrogens with zero attached hydrogens (tertiary/aromatic N) is 5. The van der Waals surface area contributed by atoms with Crippen LogP contribution in [-0.2, 0) is 7.05 Å². The van der Waals surface area contributed by atoms with Crippen LogP contribution < -0.4 is 15.4 Å². The van der Waals surface area contributed by atoms with E-state index in [2.05, 4.69) is 30.7 Å². The van der Waals surface area contributed by atoms with Crippen LogP contribution >= 0.6 is 0 Å². The minimum Gasteiger partial charge on any atom is -0.495 e. The summed E-state index contributed by atoms with van der Waals surface area (Å²) in [4.78, 5) is 29.1. The summed E-state index contributed by atoms with van der Waals surface area (Å²) >= 11 is 0. The number of rotatable bonds is 7. The van der Waals surface area contributed by atoms with E-state index in [0.29, 0.717) is 28.5 Å². The highest BCUT2D eigenvalue weighted by Gasteiger charge is 2.14. The van der Waals surface area contributed by atoms with Gasteiger partial charge in [-0.3, -0.25) is 14.5 Å². The van der Waals surface area contributed by atoms with Crippen molar-refractivity contribution in [1.29, 1.82) is 0 Å². The average Bonchev–Trinajstić information content (AvgIpc) is 3.49. The van der Waals surface area contributed by atoms with Gasteiger partial charge in [-0.05, 0) is 30.7 Å². The van der Waals surface area contributed by atoms with Gasteiger partial charge >= 0.3 is 0 Å². The number of methoxy groups -OCH3 is 1. The number of aromatic nitrogens is 6. The monoisotopic (exact) mass is 468 g/mol. The molecule has 0 radical (unpaired) electrons. The van der Waals surface area contributed by atoms with Crippen molar-refractivity contribution in [3.05, 3.63) is 78.6 Å². The Morgan fingerprint density at radius 3 is 2.86 bits per heavy atom. The standard InChI is InChI=1S/C25H24N8O2/c1-15(16-5-4-6-19(7-16)31-25(34)17-8-20(35-3)11-26-9-17)30-22-13-28-24-23(32-22)21(12-27-24)18-10-29-33(2)14-18/h4-15H,1-3H3,(H,27,28)(H,30,32)(H,31,34)/t15-/m0/s1. The first kappa shape index (κ1) is 22.1. The fraction of sp³-hybridized carbons (Fsp3) is 0.160. The summed E-state index contributed by atoms with van der Waals surface area (Å²) in [7, 11) is 3.41. The number of aromatic amines is 1. The summed E-state index contributed by atoms with van der Waals surface area (Å²) < 4.78 is 6.90. The van der Waals surface area contributed by atoms with Gasteiger partial charge in [-0.2, -0.15) is 5.10 Å². The SMILES string of the molecule is COc1cncc(C(=O)Nc2cccc([C@H](C)Nc3cnc4[nH]cc(-c5cnn(C)c5)c4n3)c2)c1. The summed E-state index contributed by atoms with van der Waals surface area (Å²) in [5, 5.41) is 10.6. The molecule has 0 aliphatic rings. The summed E-state index contributed by atoms with van der Waals surface area (Å²) in [6.07, 6.45) is 10.4. The highest BCUT2D eigenvalue weighted by Crippen LogP contribution is 2.28. The number of H-pyrrole nitrogens is 1. The van der Waals surface area contributed by atoms with E-state index in [1.807, 2.05) is 50.6 Å². The highest BCUT2D eigenvalue weighted by atomic mass is 16.5. The maximum Gasteiger partial charge on any atom is 0.257 e. The Morgan fingerprint density at radius 2 is 2.06 bits per heavy atom. The van der Waals surface area contributed by atoms with E-state index in [1.54, 1.807) is 29.3 Å². The lowest BCUT2D eigenvalue weighted by Gasteiger charge is -2.16. The molecule has 0 saturated carbocycles. The van der Waals surface area contributed by atoms with Crippen molar-refractivity contribution in [1.82, 2.24) is 29.7 Å². The van der Waals surface area contributed by atoms with Crippen LogP contribution in [0.4, 0.5) is 11.5 Å². The molecule has 0 spiro atoms. The third-order valence-corrected chi connectivity index (χ3v) is 5.62. The van der Waals surface area contributed by atoms with Crippen molar-refractivity contribution in [2.45, 2.75) is 13.0 Å². The largest absolute Gasteiger partial charge is 0.495 e. The fourth-order valence-electron chi connectivity index (χ4n) is 3.79. The van der Waals surface area contributed by atoms with Gasteiger partial charge in [0.15, 0.2) is 5.65 Å². The molecule has 5 aromatic rings. The van der Waals surface area contributed by atoms with E-state index in [1.165, 1.54) is 13.3 Å². The Balaban J connectivity index is 1.33. The van der Waals surface area contributed by atoms with E-state index in [0.717, 1.165) is 22.2 Å². The van der Waals surface area contributed by atoms with Gasteiger partial charge in [0, 0.05) is 42.5 Å². The van der Waals surface area contributed by atoms with Gasteiger partial charge in [-0.15, -0.1) is 0 Å². The first-order valence-corrected chi connectivity index (χ1v) is 11.0. The molecule has 35 heavy (non-hydrogen) atoms. The topological polar surface area (TPSA) is 123 Å². The van der Waals surface area contributed by atoms with Crippen LogP contribution in [0.2, 0.25) is 0 Å². The van der Waals surface area contributed by atoms with Crippen molar-refractivity contribution in [3.8, 4) is 16.9 Å². The zero-order valence-electron chi connectivity index (χ0n) is 19.5. The number of anilines is 2. The predicted molar refractivity (Wildman–Crippen MR) is 133 cm³/mol. The molecule has 5 rings (SSSR count). The molecule has 4 heterocycles. The number of pyridine rings is 1. The van der Waals surface area contributed by atoms with Gasteiger partial charge in [-0.25, -0.2) is 9.97 Å². The Morgan fingerprint density at radius 1 is 1.17 bits per heavy atom. The quantitative estimate of drug-likeness (QED) is 0.327. The summed E-state index contributed by atoms with van der Waals surface area (Å²) in [5.74, 6) is 0.906. The van der Waals surface area contributed by atoms with Crippen molar-refractivity contribution < 1.29 is 9.53 Å². The molecule has 0 aliphatic heterocycles. The second-order valence-corrected chi connectivity index (χ2v) is 8.12. The Labute approximate surface area is 201 Å². The van der Waals surface area contributed by atoms with Crippen LogP contribution in [0.5, 0.6) is 5.75 Å². The maximum atomic E-state index is 12.7. The van der Waals surface area contributed by atoms with Crippen LogP contribution in [0.15, 0.2) is 67.5 Å². The average molecular weight is 469 g/mol. The normalized spacial score (nSPS) is 11.9. The van der Waals surface area contributed by atoms with E-state index in [-0.39, 0.29) is 11.9 Å². The summed E-state index contributed by atoms with van der Waals surface area (Å²) in [6, 6.07) is 9.21.